The molecule has 3 heterocycles. The van der Waals surface area contributed by atoms with Crippen molar-refractivity contribution in [1.29, 1.82) is 0 Å². The Kier molecular flexibility index (Phi) is 6.47. The first-order chi connectivity index (χ1) is 13.9. The van der Waals surface area contributed by atoms with Crippen molar-refractivity contribution in [2.75, 3.05) is 19.6 Å². The molecule has 2 aliphatic rings. The normalized spacial score (nSPS) is 19.6. The van der Waals surface area contributed by atoms with E-state index in [0.29, 0.717) is 11.8 Å². The number of aliphatic carboxylic acids is 2. The highest BCUT2D eigenvalue weighted by molar-refractivity contribution is 6.27. The van der Waals surface area contributed by atoms with Gasteiger partial charge in [0.15, 0.2) is 0 Å². The standard InChI is InChI=1S/C20H20N2O.C2H2O4/c23-20-10-4-9-19-18-12-17(14-22(19)20)13-21(15-18)11-5-8-16-6-2-1-3-7-16;3-1(4)2(5)6/h1-4,6-7,9-10,17-18H,11-15H2;(H,3,4)(H,5,6)/t17-,18+;/m1./s1. The largest absolute Gasteiger partial charge is 0.473 e. The predicted octanol–water partition coefficient (Wildman–Crippen LogP) is 1.47. The lowest BCUT2D eigenvalue weighted by Gasteiger charge is -2.42. The van der Waals surface area contributed by atoms with Crippen LogP contribution >= 0.6 is 0 Å². The Bertz CT molecular complexity index is 991. The first-order valence-electron chi connectivity index (χ1n) is 9.36. The van der Waals surface area contributed by atoms with Gasteiger partial charge in [0.2, 0.25) is 0 Å². The van der Waals surface area contributed by atoms with E-state index >= 15 is 0 Å². The van der Waals surface area contributed by atoms with Crippen LogP contribution in [0.15, 0.2) is 53.3 Å². The molecule has 1 fully saturated rings. The fraction of sp³-hybridized carbons (Fsp3) is 0.318. The van der Waals surface area contributed by atoms with Gasteiger partial charge >= 0.3 is 11.9 Å². The van der Waals surface area contributed by atoms with Crippen LogP contribution in [0, 0.1) is 17.8 Å². The molecule has 0 amide bonds. The molecule has 2 aromatic rings. The zero-order valence-electron chi connectivity index (χ0n) is 15.8. The summed E-state index contributed by atoms with van der Waals surface area (Å²) in [5, 5.41) is 14.8. The quantitative estimate of drug-likeness (QED) is 0.561. The highest BCUT2D eigenvalue weighted by Gasteiger charge is 2.33. The highest BCUT2D eigenvalue weighted by atomic mass is 16.4. The van der Waals surface area contributed by atoms with Crippen molar-refractivity contribution in [2.24, 2.45) is 5.92 Å². The minimum Gasteiger partial charge on any atom is -0.473 e. The number of hydrogen-bond donors (Lipinski definition) is 2. The van der Waals surface area contributed by atoms with Gasteiger partial charge < -0.3 is 14.8 Å². The third-order valence-corrected chi connectivity index (χ3v) is 5.05. The van der Waals surface area contributed by atoms with E-state index < -0.39 is 11.9 Å². The maximum absolute atomic E-state index is 12.0. The van der Waals surface area contributed by atoms with E-state index in [2.05, 4.69) is 22.8 Å². The minimum atomic E-state index is -1.82. The summed E-state index contributed by atoms with van der Waals surface area (Å²) in [7, 11) is 0. The molecule has 1 aromatic heterocycles. The summed E-state index contributed by atoms with van der Waals surface area (Å²) < 4.78 is 1.98. The molecule has 150 valence electrons. The molecule has 0 aliphatic carbocycles. The van der Waals surface area contributed by atoms with E-state index in [0.717, 1.165) is 31.7 Å². The molecule has 2 atom stereocenters. The predicted molar refractivity (Wildman–Crippen MR) is 107 cm³/mol. The van der Waals surface area contributed by atoms with Crippen molar-refractivity contribution in [3.8, 4) is 11.8 Å². The van der Waals surface area contributed by atoms with Crippen molar-refractivity contribution < 1.29 is 19.8 Å². The Labute approximate surface area is 168 Å². The molecule has 1 aromatic carbocycles. The number of pyridine rings is 1. The molecule has 29 heavy (non-hydrogen) atoms. The summed E-state index contributed by atoms with van der Waals surface area (Å²) in [6, 6.07) is 15.8. The topological polar surface area (TPSA) is 99.8 Å². The minimum absolute atomic E-state index is 0.148. The second kappa shape index (κ2) is 9.22. The molecule has 0 radical (unpaired) electrons. The SMILES string of the molecule is O=C(O)C(=O)O.O=c1cccc2n1C[C@@H]1C[C@H]2CN(CC#Cc2ccccc2)C1. The summed E-state index contributed by atoms with van der Waals surface area (Å²) in [4.78, 5) is 32.7. The van der Waals surface area contributed by atoms with Crippen molar-refractivity contribution in [3.63, 3.8) is 0 Å². The smallest absolute Gasteiger partial charge is 0.414 e. The number of piperidine rings is 1. The third-order valence-electron chi connectivity index (χ3n) is 5.05. The van der Waals surface area contributed by atoms with Crippen molar-refractivity contribution in [1.82, 2.24) is 9.47 Å². The van der Waals surface area contributed by atoms with Gasteiger partial charge in [0.05, 0.1) is 6.54 Å². The molecule has 2 bridgehead atoms. The third kappa shape index (κ3) is 5.33. The molecule has 0 saturated carbocycles. The molecule has 1 saturated heterocycles. The number of carboxylic acids is 2. The molecule has 7 nitrogen and oxygen atoms in total. The highest BCUT2D eigenvalue weighted by Crippen LogP contribution is 2.34. The number of likely N-dealkylation sites (tertiary alicyclic amines) is 1. The number of carboxylic acid groups (broad SMARTS) is 2. The van der Waals surface area contributed by atoms with Crippen LogP contribution in [0.25, 0.3) is 0 Å². The molecule has 0 unspecified atom stereocenters. The van der Waals surface area contributed by atoms with Gasteiger partial charge in [-0.1, -0.05) is 36.1 Å². The number of hydrogen-bond acceptors (Lipinski definition) is 4. The van der Waals surface area contributed by atoms with E-state index in [-0.39, 0.29) is 5.56 Å². The average Bonchev–Trinajstić information content (AvgIpc) is 2.70. The lowest BCUT2D eigenvalue weighted by atomic mass is 9.83. The van der Waals surface area contributed by atoms with Crippen molar-refractivity contribution in [2.45, 2.75) is 18.9 Å². The summed E-state index contributed by atoms with van der Waals surface area (Å²) >= 11 is 0. The summed E-state index contributed by atoms with van der Waals surface area (Å²) in [6.45, 7) is 3.71. The second-order valence-corrected chi connectivity index (χ2v) is 7.17. The molecule has 7 heteroatoms. The Morgan fingerprint density at radius 1 is 0.966 bits per heavy atom. The average molecular weight is 394 g/mol. The molecular formula is C22H22N2O5. The summed E-state index contributed by atoms with van der Waals surface area (Å²) in [5.41, 5.74) is 2.42. The first-order valence-corrected chi connectivity index (χ1v) is 9.36. The molecular weight excluding hydrogens is 372 g/mol. The number of carbonyl (C=O) groups is 2. The van der Waals surface area contributed by atoms with Gasteiger partial charge in [0, 0.05) is 42.9 Å². The lowest BCUT2D eigenvalue weighted by Crippen LogP contribution is -2.47. The number of nitrogens with zero attached hydrogens (tertiary/aromatic N) is 2. The van der Waals surface area contributed by atoms with Crippen LogP contribution in [0.1, 0.15) is 23.6 Å². The molecule has 4 rings (SSSR count). The number of aromatic nitrogens is 1. The Hall–Kier alpha value is -3.37. The van der Waals surface area contributed by atoms with Crippen LogP contribution in [0.3, 0.4) is 0 Å². The van der Waals surface area contributed by atoms with Gasteiger partial charge in [-0.2, -0.15) is 0 Å². The Balaban J connectivity index is 0.000000353. The van der Waals surface area contributed by atoms with Crippen LogP contribution in [0.2, 0.25) is 0 Å². The monoisotopic (exact) mass is 394 g/mol. The van der Waals surface area contributed by atoms with Crippen LogP contribution in [-0.2, 0) is 16.1 Å². The molecule has 2 aliphatic heterocycles. The first kappa shape index (κ1) is 20.4. The second-order valence-electron chi connectivity index (χ2n) is 7.17. The Morgan fingerprint density at radius 3 is 2.38 bits per heavy atom. The van der Waals surface area contributed by atoms with E-state index in [1.807, 2.05) is 41.0 Å². The van der Waals surface area contributed by atoms with E-state index in [9.17, 15) is 4.79 Å². The Morgan fingerprint density at radius 2 is 1.69 bits per heavy atom. The van der Waals surface area contributed by atoms with Gasteiger partial charge in [-0.05, 0) is 30.5 Å². The zero-order chi connectivity index (χ0) is 20.8. The number of fused-ring (bicyclic) bond motifs is 4. The maximum Gasteiger partial charge on any atom is 0.414 e. The summed E-state index contributed by atoms with van der Waals surface area (Å²) in [6.07, 6.45) is 1.20. The molecule has 2 N–H and O–H groups in total. The lowest BCUT2D eigenvalue weighted by molar-refractivity contribution is -0.159. The fourth-order valence-corrected chi connectivity index (χ4v) is 3.90. The molecule has 0 spiro atoms. The van der Waals surface area contributed by atoms with Gasteiger partial charge in [-0.15, -0.1) is 0 Å². The summed E-state index contributed by atoms with van der Waals surface area (Å²) in [5.74, 6) is 3.93. The van der Waals surface area contributed by atoms with Crippen LogP contribution in [0.4, 0.5) is 0 Å². The van der Waals surface area contributed by atoms with Gasteiger partial charge in [0.25, 0.3) is 5.56 Å². The van der Waals surface area contributed by atoms with Gasteiger partial charge in [-0.3, -0.25) is 9.69 Å². The number of benzene rings is 1. The van der Waals surface area contributed by atoms with Crippen LogP contribution < -0.4 is 5.56 Å². The van der Waals surface area contributed by atoms with Crippen LogP contribution in [0.5, 0.6) is 0 Å². The van der Waals surface area contributed by atoms with E-state index in [4.69, 9.17) is 19.8 Å². The number of rotatable bonds is 1. The fourth-order valence-electron chi connectivity index (χ4n) is 3.90. The van der Waals surface area contributed by atoms with Crippen molar-refractivity contribution in [3.05, 3.63) is 70.1 Å². The van der Waals surface area contributed by atoms with E-state index in [1.54, 1.807) is 6.07 Å². The van der Waals surface area contributed by atoms with Crippen LogP contribution in [-0.4, -0.2) is 51.3 Å². The zero-order valence-corrected chi connectivity index (χ0v) is 15.8. The maximum atomic E-state index is 12.0. The van der Waals surface area contributed by atoms with Crippen molar-refractivity contribution >= 4 is 11.9 Å². The van der Waals surface area contributed by atoms with Gasteiger partial charge in [0.1, 0.15) is 0 Å². The van der Waals surface area contributed by atoms with Gasteiger partial charge in [-0.25, -0.2) is 9.59 Å². The van der Waals surface area contributed by atoms with E-state index in [1.165, 1.54) is 12.1 Å².